The summed E-state index contributed by atoms with van der Waals surface area (Å²) in [6.07, 6.45) is 1.77. The molecule has 0 aliphatic heterocycles. The summed E-state index contributed by atoms with van der Waals surface area (Å²) in [5.74, 6) is 0. The lowest BCUT2D eigenvalue weighted by Gasteiger charge is -1.41. The van der Waals surface area contributed by atoms with Crippen LogP contribution in [0.25, 0.3) is 0 Å². The molecule has 0 saturated carbocycles. The summed E-state index contributed by atoms with van der Waals surface area (Å²) in [5, 5.41) is 1.93. The van der Waals surface area contributed by atoms with Crippen LogP contribution in [-0.4, -0.2) is 4.98 Å². The summed E-state index contributed by atoms with van der Waals surface area (Å²) in [4.78, 5) is 3.74. The number of hydrogen-bond donors (Lipinski definition) is 0. The van der Waals surface area contributed by atoms with E-state index in [-0.39, 0.29) is 9.90 Å². The number of rotatable bonds is 0. The molecular formula is C3H3NPS. The Labute approximate surface area is 44.0 Å². The van der Waals surface area contributed by atoms with Gasteiger partial charge in [-0.25, -0.2) is 0 Å². The van der Waals surface area contributed by atoms with Crippen LogP contribution in [0.5, 0.6) is 0 Å². The minimum atomic E-state index is 0. The van der Waals surface area contributed by atoms with E-state index in [0.29, 0.717) is 0 Å². The Bertz CT molecular complexity index is 67.3. The lowest BCUT2D eigenvalue weighted by molar-refractivity contribution is 1.43. The zero-order valence-electron chi connectivity index (χ0n) is 3.03. The van der Waals surface area contributed by atoms with E-state index in [1.54, 1.807) is 23.0 Å². The molecule has 0 unspecified atom stereocenters. The molecule has 0 fully saturated rings. The fraction of sp³-hybridized carbons (Fsp3) is 0. The van der Waals surface area contributed by atoms with Crippen molar-refractivity contribution in [3.05, 3.63) is 17.1 Å². The van der Waals surface area contributed by atoms with Crippen LogP contribution in [0.3, 0.4) is 0 Å². The smallest absolute Gasteiger partial charge is 0.0791 e. The van der Waals surface area contributed by atoms with Gasteiger partial charge in [0.25, 0.3) is 0 Å². The van der Waals surface area contributed by atoms with Gasteiger partial charge >= 0.3 is 0 Å². The van der Waals surface area contributed by atoms with Gasteiger partial charge in [0.15, 0.2) is 0 Å². The van der Waals surface area contributed by atoms with E-state index in [4.69, 9.17) is 0 Å². The first-order valence-electron chi connectivity index (χ1n) is 1.32. The molecule has 1 aromatic heterocycles. The number of nitrogens with zero attached hydrogens (tertiary/aromatic N) is 1. The van der Waals surface area contributed by atoms with Crippen molar-refractivity contribution < 1.29 is 0 Å². The molecule has 31 valence electrons. The molecule has 3 radical (unpaired) electrons. The summed E-state index contributed by atoms with van der Waals surface area (Å²) in [6, 6.07) is 0. The first-order chi connectivity index (χ1) is 2.50. The van der Waals surface area contributed by atoms with Gasteiger partial charge in [0.1, 0.15) is 0 Å². The summed E-state index contributed by atoms with van der Waals surface area (Å²) >= 11 is 1.60. The summed E-state index contributed by atoms with van der Waals surface area (Å²) in [6.45, 7) is 0. The van der Waals surface area contributed by atoms with Gasteiger partial charge in [-0.2, -0.15) is 0 Å². The fourth-order valence-electron chi connectivity index (χ4n) is 0.176. The van der Waals surface area contributed by atoms with Crippen molar-refractivity contribution in [2.75, 3.05) is 0 Å². The highest BCUT2D eigenvalue weighted by Crippen LogP contribution is 1.85. The van der Waals surface area contributed by atoms with Gasteiger partial charge in [0, 0.05) is 21.5 Å². The fourth-order valence-corrected chi connectivity index (χ4v) is 0.527. The Morgan fingerprint density at radius 2 is 2.33 bits per heavy atom. The largest absolute Gasteiger partial charge is 0.253 e. The standard InChI is InChI=1S/C3H3NS.P/c1-2-5-3-4-1;/h1-3H;. The molecule has 1 aromatic rings. The van der Waals surface area contributed by atoms with E-state index in [1.807, 2.05) is 5.38 Å². The molecule has 1 rings (SSSR count). The molecule has 0 atom stereocenters. The van der Waals surface area contributed by atoms with E-state index in [2.05, 4.69) is 4.98 Å². The Balaban J connectivity index is 0.000000250. The van der Waals surface area contributed by atoms with Gasteiger partial charge in [-0.05, 0) is 0 Å². The molecule has 0 aliphatic carbocycles. The summed E-state index contributed by atoms with van der Waals surface area (Å²) in [5.41, 5.74) is 1.79. The monoisotopic (exact) mass is 116 g/mol. The molecule has 1 heterocycles. The van der Waals surface area contributed by atoms with Crippen LogP contribution in [0.2, 0.25) is 0 Å². The van der Waals surface area contributed by atoms with Crippen molar-refractivity contribution in [2.24, 2.45) is 0 Å². The van der Waals surface area contributed by atoms with E-state index >= 15 is 0 Å². The Kier molecular flexibility index (Phi) is 3.29. The van der Waals surface area contributed by atoms with Crippen molar-refractivity contribution >= 4 is 21.2 Å². The highest BCUT2D eigenvalue weighted by Gasteiger charge is 1.59. The summed E-state index contributed by atoms with van der Waals surface area (Å²) in [7, 11) is 0. The van der Waals surface area contributed by atoms with Gasteiger partial charge in [-0.3, -0.25) is 4.98 Å². The number of aromatic nitrogens is 1. The van der Waals surface area contributed by atoms with E-state index in [9.17, 15) is 0 Å². The molecule has 0 N–H and O–H groups in total. The van der Waals surface area contributed by atoms with Crippen LogP contribution in [0.1, 0.15) is 0 Å². The second-order valence-electron chi connectivity index (χ2n) is 0.676. The van der Waals surface area contributed by atoms with Crippen LogP contribution in [-0.2, 0) is 0 Å². The van der Waals surface area contributed by atoms with Crippen molar-refractivity contribution in [3.8, 4) is 0 Å². The lowest BCUT2D eigenvalue weighted by Crippen LogP contribution is -1.38. The number of hydrogen-bond acceptors (Lipinski definition) is 2. The molecule has 0 aromatic carbocycles. The average molecular weight is 116 g/mol. The van der Waals surface area contributed by atoms with Gasteiger partial charge in [-0.15, -0.1) is 11.3 Å². The number of thiazole rings is 1. The van der Waals surface area contributed by atoms with Crippen molar-refractivity contribution in [2.45, 2.75) is 0 Å². The first kappa shape index (κ1) is 6.06. The van der Waals surface area contributed by atoms with Gasteiger partial charge in [0.05, 0.1) is 5.51 Å². The van der Waals surface area contributed by atoms with Crippen LogP contribution in [0.15, 0.2) is 17.1 Å². The lowest BCUT2D eigenvalue weighted by atomic mass is 11.0. The zero-order chi connectivity index (χ0) is 3.54. The molecule has 6 heavy (non-hydrogen) atoms. The predicted octanol–water partition coefficient (Wildman–Crippen LogP) is 2.00. The Hall–Kier alpha value is 0.0600. The maximum Gasteiger partial charge on any atom is 0.0791 e. The molecule has 0 amide bonds. The van der Waals surface area contributed by atoms with Crippen LogP contribution in [0.4, 0.5) is 0 Å². The van der Waals surface area contributed by atoms with Crippen molar-refractivity contribution in [1.29, 1.82) is 0 Å². The van der Waals surface area contributed by atoms with E-state index < -0.39 is 0 Å². The van der Waals surface area contributed by atoms with Crippen molar-refractivity contribution in [1.82, 2.24) is 4.98 Å². The third kappa shape index (κ3) is 1.48. The molecule has 1 nitrogen and oxygen atoms in total. The normalized spacial score (nSPS) is 6.67. The van der Waals surface area contributed by atoms with Crippen LogP contribution >= 0.6 is 21.2 Å². The second kappa shape index (κ2) is 3.26. The van der Waals surface area contributed by atoms with Gasteiger partial charge < -0.3 is 0 Å². The van der Waals surface area contributed by atoms with Crippen LogP contribution < -0.4 is 0 Å². The highest BCUT2D eigenvalue weighted by atomic mass is 32.1. The average Bonchev–Trinajstić information content (AvgIpc) is 1.76. The highest BCUT2D eigenvalue weighted by molar-refractivity contribution is 7.07. The molecule has 3 heteroatoms. The zero-order valence-corrected chi connectivity index (χ0v) is 4.75. The maximum atomic E-state index is 3.74. The maximum absolute atomic E-state index is 3.74. The first-order valence-corrected chi connectivity index (χ1v) is 2.26. The van der Waals surface area contributed by atoms with Gasteiger partial charge in [0.2, 0.25) is 0 Å². The third-order valence-electron chi connectivity index (χ3n) is 0.347. The van der Waals surface area contributed by atoms with Crippen LogP contribution in [0, 0.1) is 0 Å². The molecule has 0 saturated heterocycles. The Morgan fingerprint density at radius 1 is 1.50 bits per heavy atom. The van der Waals surface area contributed by atoms with E-state index in [1.165, 1.54) is 0 Å². The second-order valence-corrected chi connectivity index (χ2v) is 1.43. The summed E-state index contributed by atoms with van der Waals surface area (Å²) < 4.78 is 0. The van der Waals surface area contributed by atoms with Crippen molar-refractivity contribution in [3.63, 3.8) is 0 Å². The molecule has 0 aliphatic rings. The van der Waals surface area contributed by atoms with Gasteiger partial charge in [-0.1, -0.05) is 0 Å². The minimum Gasteiger partial charge on any atom is -0.253 e. The minimum absolute atomic E-state index is 0. The SMILES string of the molecule is [P].c1cscn1. The topological polar surface area (TPSA) is 12.9 Å². The molecular weight excluding hydrogens is 113 g/mol. The Morgan fingerprint density at radius 3 is 2.50 bits per heavy atom. The molecule has 0 bridgehead atoms. The quantitative estimate of drug-likeness (QED) is 0.472. The van der Waals surface area contributed by atoms with E-state index in [0.717, 1.165) is 0 Å². The predicted molar refractivity (Wildman–Crippen MR) is 29.0 cm³/mol. The third-order valence-corrected chi connectivity index (χ3v) is 0.869. The molecule has 0 spiro atoms.